The Kier molecular flexibility index (Phi) is 7.72. The Bertz CT molecular complexity index is 1500. The zero-order valence-electron chi connectivity index (χ0n) is 22.9. The number of nitrogens with one attached hydrogen (secondary N) is 1. The number of nitrogens with zero attached hydrogens (tertiary/aromatic N) is 3. The van der Waals surface area contributed by atoms with Gasteiger partial charge in [-0.25, -0.2) is 13.2 Å². The van der Waals surface area contributed by atoms with Crippen molar-refractivity contribution >= 4 is 38.6 Å². The Morgan fingerprint density at radius 3 is 2.40 bits per heavy atom. The van der Waals surface area contributed by atoms with Gasteiger partial charge in [0.15, 0.2) is 0 Å². The molecule has 2 fully saturated rings. The molecule has 5 rings (SSSR count). The van der Waals surface area contributed by atoms with Crippen LogP contribution in [-0.2, 0) is 10.0 Å². The van der Waals surface area contributed by atoms with E-state index in [2.05, 4.69) is 9.71 Å². The van der Waals surface area contributed by atoms with E-state index >= 15 is 0 Å². The number of carbonyl (C=O) groups is 2. The van der Waals surface area contributed by atoms with Gasteiger partial charge in [-0.1, -0.05) is 44.4 Å². The first kappa shape index (κ1) is 27.9. The number of sulfonamides is 1. The maximum Gasteiger partial charge on any atom is 0.407 e. The van der Waals surface area contributed by atoms with E-state index in [1.165, 1.54) is 6.07 Å². The van der Waals surface area contributed by atoms with E-state index in [4.69, 9.17) is 0 Å². The second-order valence-corrected chi connectivity index (χ2v) is 12.5. The first-order valence-corrected chi connectivity index (χ1v) is 15.5. The van der Waals surface area contributed by atoms with Crippen molar-refractivity contribution in [3.8, 4) is 0 Å². The van der Waals surface area contributed by atoms with Gasteiger partial charge >= 0.3 is 6.09 Å². The Morgan fingerprint density at radius 2 is 1.73 bits per heavy atom. The molecule has 2 amide bonds. The molecule has 212 valence electrons. The molecule has 1 aliphatic heterocycles. The molecule has 2 unspecified atom stereocenters. The van der Waals surface area contributed by atoms with Crippen LogP contribution >= 0.6 is 0 Å². The standard InChI is InChI=1S/C30H36N4O5S/c1-3-30(24-11-5-4-6-12-24)21(2)33(19-20-34(30)29(36)37)28(35)23-14-16-25(17-15-23)32-40(38,39)26-13-7-9-22-10-8-18-31-27(22)26/h7-10,13-18,21,24,32H,3-6,11-12,19-20H2,1-2H3,(H,36,37). The summed E-state index contributed by atoms with van der Waals surface area (Å²) in [7, 11) is -3.92. The van der Waals surface area contributed by atoms with Crippen LogP contribution in [0.5, 0.6) is 0 Å². The molecule has 1 aromatic heterocycles. The van der Waals surface area contributed by atoms with Crippen LogP contribution in [0.1, 0.15) is 62.7 Å². The summed E-state index contributed by atoms with van der Waals surface area (Å²) in [4.78, 5) is 33.8. The van der Waals surface area contributed by atoms with Gasteiger partial charge in [-0.15, -0.1) is 0 Å². The first-order chi connectivity index (χ1) is 19.2. The normalized spacial score (nSPS) is 22.3. The van der Waals surface area contributed by atoms with Gasteiger partial charge < -0.3 is 10.0 Å². The summed E-state index contributed by atoms with van der Waals surface area (Å²) in [5.74, 6) is 0.0205. The number of pyridine rings is 1. The lowest BCUT2D eigenvalue weighted by molar-refractivity contribution is -0.0667. The van der Waals surface area contributed by atoms with Crippen LogP contribution < -0.4 is 4.72 Å². The summed E-state index contributed by atoms with van der Waals surface area (Å²) >= 11 is 0. The van der Waals surface area contributed by atoms with Gasteiger partial charge in [0.1, 0.15) is 4.90 Å². The molecule has 3 aromatic rings. The molecule has 0 bridgehead atoms. The smallest absolute Gasteiger partial charge is 0.407 e. The van der Waals surface area contributed by atoms with Crippen LogP contribution in [0, 0.1) is 5.92 Å². The van der Waals surface area contributed by atoms with Gasteiger partial charge in [-0.05, 0) is 68.5 Å². The highest BCUT2D eigenvalue weighted by atomic mass is 32.2. The zero-order valence-corrected chi connectivity index (χ0v) is 23.7. The summed E-state index contributed by atoms with van der Waals surface area (Å²) in [5.41, 5.74) is 0.510. The SMILES string of the molecule is CCC1(C2CCCCC2)C(C)N(C(=O)c2ccc(NS(=O)(=O)c3cccc4cccnc34)cc2)CCN1C(=O)O. The lowest BCUT2D eigenvalue weighted by Gasteiger charge is -2.58. The van der Waals surface area contributed by atoms with Crippen molar-refractivity contribution in [2.45, 2.75) is 68.8 Å². The van der Waals surface area contributed by atoms with E-state index in [1.54, 1.807) is 64.5 Å². The van der Waals surface area contributed by atoms with Crippen molar-refractivity contribution in [1.29, 1.82) is 0 Å². The van der Waals surface area contributed by atoms with E-state index in [1.807, 2.05) is 13.8 Å². The molecule has 2 atom stereocenters. The predicted octanol–water partition coefficient (Wildman–Crippen LogP) is 5.59. The topological polar surface area (TPSA) is 120 Å². The number of fused-ring (bicyclic) bond motifs is 1. The minimum Gasteiger partial charge on any atom is -0.465 e. The number of carboxylic acid groups (broad SMARTS) is 1. The number of carbonyl (C=O) groups excluding carboxylic acids is 1. The van der Waals surface area contributed by atoms with Gasteiger partial charge in [-0.2, -0.15) is 0 Å². The molecule has 1 aliphatic carbocycles. The first-order valence-electron chi connectivity index (χ1n) is 14.0. The van der Waals surface area contributed by atoms with Crippen LogP contribution in [-0.4, -0.2) is 65.0 Å². The number of hydrogen-bond donors (Lipinski definition) is 2. The van der Waals surface area contributed by atoms with E-state index < -0.39 is 21.7 Å². The van der Waals surface area contributed by atoms with Crippen molar-refractivity contribution in [3.05, 3.63) is 66.4 Å². The molecular formula is C30H36N4O5S. The van der Waals surface area contributed by atoms with Gasteiger partial charge in [0.05, 0.1) is 17.1 Å². The highest BCUT2D eigenvalue weighted by Crippen LogP contribution is 2.44. The lowest BCUT2D eigenvalue weighted by atomic mass is 9.67. The molecule has 1 saturated carbocycles. The van der Waals surface area contributed by atoms with Crippen LogP contribution in [0.4, 0.5) is 10.5 Å². The molecule has 10 heteroatoms. The second kappa shape index (κ2) is 11.1. The van der Waals surface area contributed by atoms with Gasteiger partial charge in [0, 0.05) is 35.9 Å². The molecular weight excluding hydrogens is 528 g/mol. The maximum absolute atomic E-state index is 13.8. The molecule has 9 nitrogen and oxygen atoms in total. The molecule has 0 radical (unpaired) electrons. The Balaban J connectivity index is 1.38. The third kappa shape index (κ3) is 4.89. The Morgan fingerprint density at radius 1 is 1.02 bits per heavy atom. The summed E-state index contributed by atoms with van der Waals surface area (Å²) in [6.45, 7) is 4.59. The largest absolute Gasteiger partial charge is 0.465 e. The average Bonchev–Trinajstić information content (AvgIpc) is 2.97. The highest BCUT2D eigenvalue weighted by molar-refractivity contribution is 7.93. The zero-order chi connectivity index (χ0) is 28.5. The van der Waals surface area contributed by atoms with Crippen molar-refractivity contribution in [3.63, 3.8) is 0 Å². The third-order valence-electron chi connectivity index (χ3n) is 8.90. The number of amides is 2. The van der Waals surface area contributed by atoms with E-state index in [9.17, 15) is 23.1 Å². The highest BCUT2D eigenvalue weighted by Gasteiger charge is 2.54. The number of piperazine rings is 1. The molecule has 0 spiro atoms. The van der Waals surface area contributed by atoms with Crippen LogP contribution in [0.15, 0.2) is 65.7 Å². The predicted molar refractivity (Wildman–Crippen MR) is 154 cm³/mol. The molecule has 2 aliphatic rings. The number of para-hydroxylation sites is 1. The van der Waals surface area contributed by atoms with Gasteiger partial charge in [-0.3, -0.25) is 19.4 Å². The van der Waals surface area contributed by atoms with Crippen molar-refractivity contribution < 1.29 is 23.1 Å². The average molecular weight is 565 g/mol. The molecule has 1 saturated heterocycles. The molecule has 2 heterocycles. The summed E-state index contributed by atoms with van der Waals surface area (Å²) in [6.07, 6.45) is 6.51. The fraction of sp³-hybridized carbons (Fsp3) is 0.433. The van der Waals surface area contributed by atoms with Crippen LogP contribution in [0.2, 0.25) is 0 Å². The fourth-order valence-corrected chi connectivity index (χ4v) is 8.18. The van der Waals surface area contributed by atoms with E-state index in [0.717, 1.165) is 37.5 Å². The van der Waals surface area contributed by atoms with Gasteiger partial charge in [0.25, 0.3) is 15.9 Å². The molecule has 2 N–H and O–H groups in total. The van der Waals surface area contributed by atoms with E-state index in [-0.39, 0.29) is 29.3 Å². The second-order valence-electron chi connectivity index (χ2n) is 10.8. The quantitative estimate of drug-likeness (QED) is 0.403. The lowest BCUT2D eigenvalue weighted by Crippen LogP contribution is -2.72. The Hall–Kier alpha value is -3.66. The van der Waals surface area contributed by atoms with Crippen LogP contribution in [0.25, 0.3) is 10.9 Å². The van der Waals surface area contributed by atoms with Crippen LogP contribution in [0.3, 0.4) is 0 Å². The monoisotopic (exact) mass is 564 g/mol. The molecule has 2 aromatic carbocycles. The molecule has 40 heavy (non-hydrogen) atoms. The summed E-state index contributed by atoms with van der Waals surface area (Å²) in [5, 5.41) is 10.8. The third-order valence-corrected chi connectivity index (χ3v) is 10.3. The maximum atomic E-state index is 13.8. The summed E-state index contributed by atoms with van der Waals surface area (Å²) in [6, 6.07) is 14.7. The summed E-state index contributed by atoms with van der Waals surface area (Å²) < 4.78 is 29.0. The van der Waals surface area contributed by atoms with Crippen molar-refractivity contribution in [2.24, 2.45) is 5.92 Å². The van der Waals surface area contributed by atoms with Gasteiger partial charge in [0.2, 0.25) is 0 Å². The number of anilines is 1. The minimum absolute atomic E-state index is 0.0782. The van der Waals surface area contributed by atoms with Crippen molar-refractivity contribution in [1.82, 2.24) is 14.8 Å². The number of benzene rings is 2. The number of rotatable bonds is 6. The number of aromatic nitrogens is 1. The number of hydrogen-bond acceptors (Lipinski definition) is 5. The van der Waals surface area contributed by atoms with E-state index in [0.29, 0.717) is 29.7 Å². The minimum atomic E-state index is -3.92. The van der Waals surface area contributed by atoms with Crippen molar-refractivity contribution in [2.75, 3.05) is 17.8 Å². The fourth-order valence-electron chi connectivity index (χ4n) is 6.94. The Labute approximate surface area is 235 Å².